The third-order valence-electron chi connectivity index (χ3n) is 4.65. The molecule has 1 aromatic carbocycles. The van der Waals surface area contributed by atoms with Crippen molar-refractivity contribution >= 4 is 16.1 Å². The number of halogens is 1. The summed E-state index contributed by atoms with van der Waals surface area (Å²) in [6, 6.07) is 4.71. The first kappa shape index (κ1) is 21.9. The highest BCUT2D eigenvalue weighted by molar-refractivity contribution is 7.89. The molecule has 2 aliphatic rings. The second kappa shape index (κ2) is 8.55. The topological polar surface area (TPSA) is 88.2 Å². The molecular weight excluding hydrogens is 401 g/mol. The number of ether oxygens (including phenoxy) is 2. The van der Waals surface area contributed by atoms with Crippen molar-refractivity contribution in [3.8, 4) is 0 Å². The fourth-order valence-corrected chi connectivity index (χ4v) is 4.49. The molecule has 162 valence electrons. The molecule has 1 N–H and O–H groups in total. The molecule has 2 heterocycles. The molecule has 3 rings (SSSR count). The summed E-state index contributed by atoms with van der Waals surface area (Å²) in [5.74, 6) is -0.482. The molecule has 2 fully saturated rings. The number of carbonyl (C=O) groups is 1. The Hall–Kier alpha value is -1.75. The zero-order chi connectivity index (χ0) is 21.2. The molecule has 2 saturated heterocycles. The summed E-state index contributed by atoms with van der Waals surface area (Å²) in [6.45, 7) is 8.36. The van der Waals surface area contributed by atoms with Gasteiger partial charge in [-0.25, -0.2) is 22.3 Å². The minimum absolute atomic E-state index is 0.0331. The van der Waals surface area contributed by atoms with Crippen molar-refractivity contribution in [2.45, 2.75) is 43.5 Å². The lowest BCUT2D eigenvalue weighted by Gasteiger charge is -2.45. The Morgan fingerprint density at radius 1 is 1.17 bits per heavy atom. The van der Waals surface area contributed by atoms with Gasteiger partial charge in [0.1, 0.15) is 11.4 Å². The smallest absolute Gasteiger partial charge is 0.410 e. The molecular formula is C19H28FN3O5S. The summed E-state index contributed by atoms with van der Waals surface area (Å²) in [7, 11) is -3.68. The van der Waals surface area contributed by atoms with E-state index in [-0.39, 0.29) is 29.7 Å². The molecule has 29 heavy (non-hydrogen) atoms. The largest absolute Gasteiger partial charge is 0.444 e. The molecule has 0 aromatic heterocycles. The molecule has 0 spiro atoms. The van der Waals surface area contributed by atoms with Crippen LogP contribution in [0.3, 0.4) is 0 Å². The number of carbonyl (C=O) groups excluding carboxylic acids is 1. The minimum Gasteiger partial charge on any atom is -0.444 e. The predicted molar refractivity (Wildman–Crippen MR) is 104 cm³/mol. The van der Waals surface area contributed by atoms with Crippen LogP contribution in [-0.2, 0) is 19.5 Å². The molecule has 0 saturated carbocycles. The van der Waals surface area contributed by atoms with E-state index in [9.17, 15) is 17.6 Å². The maximum absolute atomic E-state index is 13.0. The lowest BCUT2D eigenvalue weighted by Crippen LogP contribution is -2.61. The molecule has 1 amide bonds. The molecule has 1 aromatic rings. The number of hydrogen-bond donors (Lipinski definition) is 1. The van der Waals surface area contributed by atoms with E-state index in [2.05, 4.69) is 9.62 Å². The van der Waals surface area contributed by atoms with Crippen LogP contribution in [0.4, 0.5) is 9.18 Å². The van der Waals surface area contributed by atoms with Gasteiger partial charge in [-0.1, -0.05) is 0 Å². The fourth-order valence-electron chi connectivity index (χ4n) is 3.47. The van der Waals surface area contributed by atoms with Crippen molar-refractivity contribution < 1.29 is 27.1 Å². The Labute approximate surface area is 171 Å². The van der Waals surface area contributed by atoms with Gasteiger partial charge in [-0.3, -0.25) is 4.90 Å². The molecule has 2 atom stereocenters. The molecule has 2 aliphatic heterocycles. The number of nitrogens with one attached hydrogen (secondary N) is 1. The van der Waals surface area contributed by atoms with Gasteiger partial charge in [0.05, 0.1) is 30.2 Å². The number of morpholine rings is 2. The fraction of sp³-hybridized carbons (Fsp3) is 0.632. The Bertz CT molecular complexity index is 811. The van der Waals surface area contributed by atoms with Crippen molar-refractivity contribution in [3.05, 3.63) is 30.1 Å². The van der Waals surface area contributed by atoms with Crippen LogP contribution in [0.15, 0.2) is 29.2 Å². The molecule has 0 radical (unpaired) electrons. The number of rotatable bonds is 5. The number of benzene rings is 1. The van der Waals surface area contributed by atoms with E-state index in [1.807, 2.05) is 20.8 Å². The first-order chi connectivity index (χ1) is 13.5. The normalized spacial score (nSPS) is 23.1. The first-order valence-electron chi connectivity index (χ1n) is 9.63. The first-order valence-corrected chi connectivity index (χ1v) is 11.1. The standard InChI is InChI=1S/C19H28FN3O5S/c1-19(2,3)28-18(24)23-12-15-10-22(11-16(13-23)27-15)9-8-21-29(25,26)17-6-4-14(20)5-7-17/h4-7,15-16,21H,8-13H2,1-3H3. The van der Waals surface area contributed by atoms with E-state index in [0.717, 1.165) is 12.1 Å². The van der Waals surface area contributed by atoms with Crippen LogP contribution in [0.25, 0.3) is 0 Å². The van der Waals surface area contributed by atoms with E-state index in [4.69, 9.17) is 9.47 Å². The lowest BCUT2D eigenvalue weighted by molar-refractivity contribution is -0.135. The van der Waals surface area contributed by atoms with Gasteiger partial charge in [0.15, 0.2) is 0 Å². The van der Waals surface area contributed by atoms with Gasteiger partial charge >= 0.3 is 6.09 Å². The molecule has 10 heteroatoms. The predicted octanol–water partition coefficient (Wildman–Crippen LogP) is 1.42. The van der Waals surface area contributed by atoms with Crippen LogP contribution in [0.2, 0.25) is 0 Å². The lowest BCUT2D eigenvalue weighted by atomic mass is 10.1. The average Bonchev–Trinajstić information content (AvgIpc) is 2.59. The van der Waals surface area contributed by atoms with Crippen LogP contribution >= 0.6 is 0 Å². The third-order valence-corrected chi connectivity index (χ3v) is 6.13. The average molecular weight is 430 g/mol. The summed E-state index contributed by atoms with van der Waals surface area (Å²) in [5, 5.41) is 0. The molecule has 8 nitrogen and oxygen atoms in total. The van der Waals surface area contributed by atoms with Gasteiger partial charge in [-0.05, 0) is 45.0 Å². The third kappa shape index (κ3) is 6.11. The summed E-state index contributed by atoms with van der Waals surface area (Å²) in [4.78, 5) is 16.1. The van der Waals surface area contributed by atoms with E-state index in [0.29, 0.717) is 32.7 Å². The van der Waals surface area contributed by atoms with Crippen molar-refractivity contribution in [1.82, 2.24) is 14.5 Å². The zero-order valence-corrected chi connectivity index (χ0v) is 17.7. The maximum Gasteiger partial charge on any atom is 0.410 e. The van der Waals surface area contributed by atoms with E-state index in [1.54, 1.807) is 4.90 Å². The quantitative estimate of drug-likeness (QED) is 0.762. The Kier molecular flexibility index (Phi) is 6.47. The number of nitrogens with zero attached hydrogens (tertiary/aromatic N) is 2. The van der Waals surface area contributed by atoms with Gasteiger partial charge < -0.3 is 14.4 Å². The van der Waals surface area contributed by atoms with E-state index >= 15 is 0 Å². The summed E-state index contributed by atoms with van der Waals surface area (Å²) >= 11 is 0. The van der Waals surface area contributed by atoms with E-state index in [1.165, 1.54) is 12.1 Å². The second-order valence-electron chi connectivity index (χ2n) is 8.38. The Morgan fingerprint density at radius 3 is 2.31 bits per heavy atom. The SMILES string of the molecule is CC(C)(C)OC(=O)N1CC2CN(CCNS(=O)(=O)c3ccc(F)cc3)CC(C1)O2. The van der Waals surface area contributed by atoms with E-state index < -0.39 is 21.4 Å². The van der Waals surface area contributed by atoms with Crippen molar-refractivity contribution in [1.29, 1.82) is 0 Å². The number of amides is 1. The van der Waals surface area contributed by atoms with Crippen LogP contribution < -0.4 is 4.72 Å². The molecule has 2 bridgehead atoms. The number of hydrogen-bond acceptors (Lipinski definition) is 6. The van der Waals surface area contributed by atoms with Gasteiger partial charge in [-0.15, -0.1) is 0 Å². The van der Waals surface area contributed by atoms with Crippen molar-refractivity contribution in [3.63, 3.8) is 0 Å². The minimum atomic E-state index is -3.68. The molecule has 2 unspecified atom stereocenters. The highest BCUT2D eigenvalue weighted by Crippen LogP contribution is 2.21. The number of sulfonamides is 1. The van der Waals surface area contributed by atoms with Gasteiger partial charge in [0.25, 0.3) is 0 Å². The van der Waals surface area contributed by atoms with Gasteiger partial charge in [0.2, 0.25) is 10.0 Å². The Balaban J connectivity index is 1.48. The van der Waals surface area contributed by atoms with Gasteiger partial charge in [-0.2, -0.15) is 0 Å². The van der Waals surface area contributed by atoms with Crippen LogP contribution in [-0.4, -0.2) is 81.4 Å². The second-order valence-corrected chi connectivity index (χ2v) is 10.1. The van der Waals surface area contributed by atoms with Crippen molar-refractivity contribution in [2.24, 2.45) is 0 Å². The monoisotopic (exact) mass is 429 g/mol. The zero-order valence-electron chi connectivity index (χ0n) is 16.9. The van der Waals surface area contributed by atoms with Gasteiger partial charge in [0, 0.05) is 26.2 Å². The maximum atomic E-state index is 13.0. The van der Waals surface area contributed by atoms with Crippen molar-refractivity contribution in [2.75, 3.05) is 39.3 Å². The van der Waals surface area contributed by atoms with Crippen LogP contribution in [0, 0.1) is 5.82 Å². The number of fused-ring (bicyclic) bond motifs is 2. The van der Waals surface area contributed by atoms with Crippen LogP contribution in [0.5, 0.6) is 0 Å². The summed E-state index contributed by atoms with van der Waals surface area (Å²) in [6.07, 6.45) is -0.608. The highest BCUT2D eigenvalue weighted by atomic mass is 32.2. The summed E-state index contributed by atoms with van der Waals surface area (Å²) < 4.78 is 51.4. The highest BCUT2D eigenvalue weighted by Gasteiger charge is 2.38. The summed E-state index contributed by atoms with van der Waals surface area (Å²) in [5.41, 5.74) is -0.543. The Morgan fingerprint density at radius 2 is 1.76 bits per heavy atom. The van der Waals surface area contributed by atoms with Crippen LogP contribution in [0.1, 0.15) is 20.8 Å². The molecule has 0 aliphatic carbocycles.